The molecule has 0 spiro atoms. The molecule has 0 radical (unpaired) electrons. The predicted molar refractivity (Wildman–Crippen MR) is 315 cm³/mol. The van der Waals surface area contributed by atoms with E-state index in [2.05, 4.69) is 221 Å². The zero-order valence-corrected chi connectivity index (χ0v) is 41.2. The molecule has 0 fully saturated rings. The second-order valence-corrected chi connectivity index (χ2v) is 20.6. The number of thiophene rings is 1. The normalized spacial score (nSPS) is 12.2. The highest BCUT2D eigenvalue weighted by molar-refractivity contribution is 7.26. The van der Waals surface area contributed by atoms with Gasteiger partial charge in [-0.1, -0.05) is 115 Å². The van der Waals surface area contributed by atoms with Gasteiger partial charge in [-0.2, -0.15) is 0 Å². The number of hydrogen-bond acceptors (Lipinski definition) is 7. The van der Waals surface area contributed by atoms with Crippen LogP contribution in [0.2, 0.25) is 0 Å². The van der Waals surface area contributed by atoms with Gasteiger partial charge in [0.25, 0.3) is 0 Å². The van der Waals surface area contributed by atoms with E-state index in [4.69, 9.17) is 17.7 Å². The van der Waals surface area contributed by atoms with Crippen molar-refractivity contribution in [1.82, 2.24) is 4.57 Å². The third-order valence-corrected chi connectivity index (χ3v) is 16.6. The third-order valence-electron chi connectivity index (χ3n) is 15.4. The molecule has 11 aromatic carbocycles. The van der Waals surface area contributed by atoms with Gasteiger partial charge in [-0.3, -0.25) is 4.57 Å². The second kappa shape index (κ2) is 15.7. The maximum atomic E-state index is 7.10. The zero-order chi connectivity index (χ0) is 49.6. The predicted octanol–water partition coefficient (Wildman–Crippen LogP) is 20.5. The first-order valence-electron chi connectivity index (χ1n) is 25.5. The van der Waals surface area contributed by atoms with E-state index >= 15 is 0 Å². The third kappa shape index (κ3) is 5.98. The van der Waals surface area contributed by atoms with Gasteiger partial charge in [0, 0.05) is 93.1 Å². The van der Waals surface area contributed by atoms with E-state index in [1.165, 1.54) is 20.2 Å². The summed E-state index contributed by atoms with van der Waals surface area (Å²) in [7, 11) is 0. The number of hydrogen-bond donors (Lipinski definition) is 0. The molecule has 0 saturated carbocycles. The summed E-state index contributed by atoms with van der Waals surface area (Å²) in [6.07, 6.45) is 0. The average Bonchev–Trinajstić information content (AvgIpc) is 4.37. The fourth-order valence-corrected chi connectivity index (χ4v) is 13.2. The van der Waals surface area contributed by atoms with Gasteiger partial charge >= 0.3 is 0 Å². The molecular weight excluding hydrogens is 955 g/mol. The van der Waals surface area contributed by atoms with Gasteiger partial charge in [0.15, 0.2) is 5.58 Å². The lowest BCUT2D eigenvalue weighted by molar-refractivity contribution is 0.645. The first kappa shape index (κ1) is 41.5. The molecule has 6 aromatic heterocycles. The van der Waals surface area contributed by atoms with Gasteiger partial charge in [-0.25, -0.2) is 0 Å². The maximum Gasteiger partial charge on any atom is 0.213 e. The monoisotopic (exact) mass is 993 g/mol. The Morgan fingerprint density at radius 2 is 0.842 bits per heavy atom. The van der Waals surface area contributed by atoms with Crippen molar-refractivity contribution in [1.29, 1.82) is 0 Å². The van der Waals surface area contributed by atoms with Crippen molar-refractivity contribution in [2.45, 2.75) is 0 Å². The lowest BCUT2D eigenvalue weighted by atomic mass is 10.1. The fourth-order valence-electron chi connectivity index (χ4n) is 12.0. The van der Waals surface area contributed by atoms with Gasteiger partial charge in [-0.05, 0) is 115 Å². The molecule has 8 heteroatoms. The first-order chi connectivity index (χ1) is 37.7. The van der Waals surface area contributed by atoms with Crippen LogP contribution in [0.5, 0.6) is 0 Å². The van der Waals surface area contributed by atoms with Gasteiger partial charge < -0.3 is 27.5 Å². The smallest absolute Gasteiger partial charge is 0.213 e. The summed E-state index contributed by atoms with van der Waals surface area (Å²) in [6.45, 7) is 0. The summed E-state index contributed by atoms with van der Waals surface area (Å²) in [5.41, 5.74) is 14.6. The summed E-state index contributed by atoms with van der Waals surface area (Å²) >= 11 is 1.82. The van der Waals surface area contributed by atoms with Gasteiger partial charge in [0.1, 0.15) is 33.5 Å². The number of para-hydroxylation sites is 5. The molecule has 0 saturated heterocycles. The summed E-state index contributed by atoms with van der Waals surface area (Å²) in [5, 5.41) is 12.0. The van der Waals surface area contributed by atoms with Gasteiger partial charge in [-0.15, -0.1) is 11.3 Å². The Hall–Kier alpha value is -10.0. The molecule has 0 unspecified atom stereocenters. The molecule has 0 bridgehead atoms. The number of aromatic nitrogens is 1. The van der Waals surface area contributed by atoms with Crippen LogP contribution in [0, 0.1) is 0 Å². The number of furan rings is 4. The van der Waals surface area contributed by atoms with Crippen molar-refractivity contribution in [3.8, 4) is 5.69 Å². The van der Waals surface area contributed by atoms with Crippen LogP contribution in [-0.4, -0.2) is 4.57 Å². The Bertz CT molecular complexity index is 5110. The van der Waals surface area contributed by atoms with Crippen LogP contribution >= 0.6 is 11.3 Å². The van der Waals surface area contributed by atoms with Gasteiger partial charge in [0.2, 0.25) is 5.71 Å². The molecular formula is C68H39N3O4S. The molecule has 7 nitrogen and oxygen atoms in total. The number of rotatable bonds is 7. The summed E-state index contributed by atoms with van der Waals surface area (Å²) in [5.74, 6) is 0. The lowest BCUT2D eigenvalue weighted by Crippen LogP contribution is -2.10. The Morgan fingerprint density at radius 3 is 1.62 bits per heavy atom. The van der Waals surface area contributed by atoms with Crippen molar-refractivity contribution < 1.29 is 17.7 Å². The highest BCUT2D eigenvalue weighted by Gasteiger charge is 2.27. The van der Waals surface area contributed by atoms with Crippen LogP contribution in [0.25, 0.3) is 125 Å². The van der Waals surface area contributed by atoms with Crippen LogP contribution in [-0.2, 0) is 0 Å². The number of benzene rings is 11. The molecule has 0 atom stereocenters. The molecule has 0 N–H and O–H groups in total. The van der Waals surface area contributed by atoms with Crippen LogP contribution in [0.4, 0.5) is 34.1 Å². The van der Waals surface area contributed by atoms with Crippen LogP contribution in [0.3, 0.4) is 0 Å². The zero-order valence-electron chi connectivity index (χ0n) is 40.4. The van der Waals surface area contributed by atoms with Crippen molar-refractivity contribution in [2.24, 2.45) is 0 Å². The summed E-state index contributed by atoms with van der Waals surface area (Å²) < 4.78 is 31.5. The van der Waals surface area contributed by atoms with Crippen molar-refractivity contribution in [2.75, 3.05) is 9.80 Å². The topological polar surface area (TPSA) is 64.0 Å². The average molecular weight is 994 g/mol. The molecule has 76 heavy (non-hydrogen) atoms. The van der Waals surface area contributed by atoms with E-state index < -0.39 is 0 Å². The van der Waals surface area contributed by atoms with E-state index in [0.717, 1.165) is 139 Å². The Morgan fingerprint density at radius 1 is 0.316 bits per heavy atom. The van der Waals surface area contributed by atoms with E-state index in [-0.39, 0.29) is 0 Å². The van der Waals surface area contributed by atoms with E-state index in [9.17, 15) is 0 Å². The Kier molecular flexibility index (Phi) is 8.59. The fraction of sp³-hybridized carbons (Fsp3) is 0. The molecule has 17 aromatic rings. The molecule has 0 aliphatic heterocycles. The van der Waals surface area contributed by atoms with E-state index in [1.807, 2.05) is 41.7 Å². The molecule has 0 aliphatic carbocycles. The van der Waals surface area contributed by atoms with Crippen molar-refractivity contribution in [3.63, 3.8) is 0 Å². The van der Waals surface area contributed by atoms with Gasteiger partial charge in [0.05, 0.1) is 27.0 Å². The highest BCUT2D eigenvalue weighted by atomic mass is 32.1. The quantitative estimate of drug-likeness (QED) is 0.159. The maximum absolute atomic E-state index is 7.10. The SMILES string of the molecule is c1ccc(-n2c3cc(N(c4cccc5c4oc4ccccc45)c4cccc5c4sc4ccccc45)ccc3c3c4cc(N(c5ccc6c(c5)oc5ccccc56)c5ccc6oc7ccccc7c6c5)ccc4oc32)cc1. The second-order valence-electron chi connectivity index (χ2n) is 19.6. The summed E-state index contributed by atoms with van der Waals surface area (Å²) in [4.78, 5) is 4.70. The molecule has 356 valence electrons. The number of nitrogens with zero attached hydrogens (tertiary/aromatic N) is 3. The van der Waals surface area contributed by atoms with Crippen LogP contribution in [0.15, 0.2) is 254 Å². The molecule has 17 rings (SSSR count). The lowest BCUT2D eigenvalue weighted by Gasteiger charge is -2.26. The minimum Gasteiger partial charge on any atom is -0.456 e. The van der Waals surface area contributed by atoms with Crippen molar-refractivity contribution in [3.05, 3.63) is 237 Å². The number of anilines is 6. The Balaban J connectivity index is 0.910. The first-order valence-corrected chi connectivity index (χ1v) is 26.3. The van der Waals surface area contributed by atoms with Crippen LogP contribution in [0.1, 0.15) is 0 Å². The highest BCUT2D eigenvalue weighted by Crippen LogP contribution is 2.50. The van der Waals surface area contributed by atoms with E-state index in [0.29, 0.717) is 0 Å². The van der Waals surface area contributed by atoms with E-state index in [1.54, 1.807) is 0 Å². The summed E-state index contributed by atoms with van der Waals surface area (Å²) in [6, 6.07) is 83.5. The molecule has 0 aliphatic rings. The van der Waals surface area contributed by atoms with Crippen LogP contribution < -0.4 is 9.80 Å². The molecule has 6 heterocycles. The standard InChI is InChI=1S/C68H39N3O4S/c1-2-14-40(15-3-1)71-57-38-43(70(55-22-12-20-50-46-17-5-10-26-60(46)74-66(50)55)56-23-13-21-51-49-19-7-11-27-64(49)76-67(51)56)29-33-52(57)65-54-37-42(31-35-62(54)75-68(65)71)69(41-30-34-61-53(36-41)47-18-6-9-25-59(47)72-61)44-28-32-48-45-16-4-8-24-58(45)73-63(48)39-44/h1-39H. The largest absolute Gasteiger partial charge is 0.456 e. The Labute approximate surface area is 436 Å². The number of fused-ring (bicyclic) bond motifs is 17. The molecule has 0 amide bonds. The van der Waals surface area contributed by atoms with Crippen molar-refractivity contribution >= 4 is 164 Å². The minimum atomic E-state index is 0.768. The minimum absolute atomic E-state index is 0.768.